The second kappa shape index (κ2) is 3.66. The summed E-state index contributed by atoms with van der Waals surface area (Å²) in [6, 6.07) is 0. The Bertz CT molecular complexity index is 186. The number of rotatable bonds is 1. The first-order valence-corrected chi connectivity index (χ1v) is 2.83. The highest BCUT2D eigenvalue weighted by atomic mass is 15.0. The van der Waals surface area contributed by atoms with E-state index < -0.39 is 0 Å². The third-order valence-corrected chi connectivity index (χ3v) is 0.644. The molecule has 0 radical (unpaired) electrons. The molecule has 0 saturated carbocycles. The largest absolute Gasteiger partial charge is 0.387 e. The van der Waals surface area contributed by atoms with Crippen molar-refractivity contribution in [2.45, 2.75) is 13.8 Å². The second-order valence-electron chi connectivity index (χ2n) is 1.90. The minimum Gasteiger partial charge on any atom is -0.387 e. The highest BCUT2D eigenvalue weighted by molar-refractivity contribution is 5.94. The van der Waals surface area contributed by atoms with Crippen LogP contribution in [0, 0.1) is 0 Å². The first-order chi connectivity index (χ1) is 4.52. The lowest BCUT2D eigenvalue weighted by Gasteiger charge is -1.92. The van der Waals surface area contributed by atoms with Crippen LogP contribution >= 0.6 is 0 Å². The van der Waals surface area contributed by atoms with Gasteiger partial charge in [-0.05, 0) is 13.8 Å². The summed E-state index contributed by atoms with van der Waals surface area (Å²) < 4.78 is 0. The van der Waals surface area contributed by atoms with Crippen LogP contribution in [0.25, 0.3) is 0 Å². The monoisotopic (exact) mass is 140 g/mol. The Morgan fingerprint density at radius 1 is 1.20 bits per heavy atom. The van der Waals surface area contributed by atoms with E-state index in [1.165, 1.54) is 0 Å². The van der Waals surface area contributed by atoms with Gasteiger partial charge in [-0.1, -0.05) is 6.58 Å². The van der Waals surface area contributed by atoms with E-state index in [0.717, 1.165) is 0 Å². The first kappa shape index (κ1) is 8.68. The van der Waals surface area contributed by atoms with Gasteiger partial charge in [-0.2, -0.15) is 0 Å². The number of hydrogen-bond donors (Lipinski definition) is 2. The topological polar surface area (TPSA) is 76.8 Å². The van der Waals surface area contributed by atoms with E-state index in [1.54, 1.807) is 13.8 Å². The van der Waals surface area contributed by atoms with Crippen LogP contribution < -0.4 is 11.5 Å². The van der Waals surface area contributed by atoms with E-state index in [4.69, 9.17) is 11.5 Å². The van der Waals surface area contributed by atoms with Gasteiger partial charge >= 0.3 is 0 Å². The summed E-state index contributed by atoms with van der Waals surface area (Å²) >= 11 is 0. The van der Waals surface area contributed by atoms with E-state index in [2.05, 4.69) is 16.6 Å². The summed E-state index contributed by atoms with van der Waals surface area (Å²) in [7, 11) is 0. The van der Waals surface area contributed by atoms with Gasteiger partial charge in [0, 0.05) is 0 Å². The van der Waals surface area contributed by atoms with Gasteiger partial charge < -0.3 is 11.5 Å². The lowest BCUT2D eigenvalue weighted by Crippen LogP contribution is -2.08. The Balaban J connectivity index is 4.22. The van der Waals surface area contributed by atoms with Crippen molar-refractivity contribution in [1.29, 1.82) is 0 Å². The van der Waals surface area contributed by atoms with E-state index in [9.17, 15) is 0 Å². The zero-order valence-electron chi connectivity index (χ0n) is 6.26. The Hall–Kier alpha value is -1.32. The maximum atomic E-state index is 5.27. The van der Waals surface area contributed by atoms with Gasteiger partial charge in [0.15, 0.2) is 0 Å². The molecule has 0 bridgehead atoms. The molecule has 0 fully saturated rings. The van der Waals surface area contributed by atoms with Crippen LogP contribution in [0.15, 0.2) is 22.4 Å². The normalized spacial score (nSPS) is 13.4. The molecule has 10 heavy (non-hydrogen) atoms. The molecule has 4 nitrogen and oxygen atoms in total. The van der Waals surface area contributed by atoms with Crippen LogP contribution in [0.3, 0.4) is 0 Å². The lowest BCUT2D eigenvalue weighted by molar-refractivity contribution is 1.24. The molecule has 56 valence electrons. The van der Waals surface area contributed by atoms with Crippen molar-refractivity contribution in [2.75, 3.05) is 0 Å². The quantitative estimate of drug-likeness (QED) is 0.403. The molecule has 0 heterocycles. The Morgan fingerprint density at radius 2 is 1.70 bits per heavy atom. The molecule has 4 N–H and O–H groups in total. The zero-order valence-corrected chi connectivity index (χ0v) is 6.26. The van der Waals surface area contributed by atoms with Gasteiger partial charge in [-0.3, -0.25) is 0 Å². The van der Waals surface area contributed by atoms with Gasteiger partial charge in [0.1, 0.15) is 11.7 Å². The van der Waals surface area contributed by atoms with Crippen molar-refractivity contribution in [3.05, 3.63) is 12.4 Å². The van der Waals surface area contributed by atoms with Crippen molar-refractivity contribution in [2.24, 2.45) is 21.5 Å². The number of amidine groups is 2. The van der Waals surface area contributed by atoms with Gasteiger partial charge in [0.2, 0.25) is 0 Å². The summed E-state index contributed by atoms with van der Waals surface area (Å²) in [5, 5.41) is 0. The molecule has 0 aliphatic carbocycles. The molecule has 0 spiro atoms. The number of nitrogens with two attached hydrogens (primary N) is 2. The van der Waals surface area contributed by atoms with Crippen molar-refractivity contribution < 1.29 is 0 Å². The second-order valence-corrected chi connectivity index (χ2v) is 1.90. The first-order valence-electron chi connectivity index (χ1n) is 2.83. The van der Waals surface area contributed by atoms with Crippen LogP contribution in [0.1, 0.15) is 13.8 Å². The predicted molar refractivity (Wildman–Crippen MR) is 43.7 cm³/mol. The molecule has 4 heteroatoms. The highest BCUT2D eigenvalue weighted by Gasteiger charge is 1.85. The molecule has 0 rings (SSSR count). The number of hydrogen-bond acceptors (Lipinski definition) is 2. The van der Waals surface area contributed by atoms with Crippen molar-refractivity contribution in [3.63, 3.8) is 0 Å². The smallest absolute Gasteiger partial charge is 0.129 e. The summed E-state index contributed by atoms with van der Waals surface area (Å²) in [4.78, 5) is 7.57. The Labute approximate surface area is 60.3 Å². The van der Waals surface area contributed by atoms with E-state index >= 15 is 0 Å². The zero-order chi connectivity index (χ0) is 8.15. The molecule has 0 aliphatic heterocycles. The molecule has 0 aromatic rings. The Morgan fingerprint density at radius 3 is 2.00 bits per heavy atom. The molecule has 0 aliphatic rings. The summed E-state index contributed by atoms with van der Waals surface area (Å²) in [6.07, 6.45) is 0. The maximum Gasteiger partial charge on any atom is 0.129 e. The number of nitrogens with zero attached hydrogens (tertiary/aromatic N) is 2. The van der Waals surface area contributed by atoms with Gasteiger partial charge in [-0.15, -0.1) is 0 Å². The van der Waals surface area contributed by atoms with E-state index in [-0.39, 0.29) is 5.82 Å². The Kier molecular flexibility index (Phi) is 3.17. The average Bonchev–Trinajstić information content (AvgIpc) is 1.58. The molecule has 0 unspecified atom stereocenters. The molecule has 0 atom stereocenters. The van der Waals surface area contributed by atoms with Gasteiger partial charge in [-0.25, -0.2) is 9.98 Å². The molecular weight excluding hydrogens is 128 g/mol. The lowest BCUT2D eigenvalue weighted by atomic mass is 10.6. The van der Waals surface area contributed by atoms with Crippen molar-refractivity contribution >= 4 is 11.7 Å². The minimum atomic E-state index is 0.238. The SMILES string of the molecule is C=C(N)/N=C(C)\N=C(\C)N. The highest BCUT2D eigenvalue weighted by Crippen LogP contribution is 1.85. The summed E-state index contributed by atoms with van der Waals surface area (Å²) in [5.74, 6) is 1.22. The maximum absolute atomic E-state index is 5.27. The summed E-state index contributed by atoms with van der Waals surface area (Å²) in [6.45, 7) is 6.76. The van der Waals surface area contributed by atoms with Crippen LogP contribution in [0.5, 0.6) is 0 Å². The minimum absolute atomic E-state index is 0.238. The van der Waals surface area contributed by atoms with E-state index in [0.29, 0.717) is 11.7 Å². The molecule has 0 aromatic heterocycles. The fraction of sp³-hybridized carbons (Fsp3) is 0.333. The van der Waals surface area contributed by atoms with Crippen molar-refractivity contribution in [3.8, 4) is 0 Å². The third kappa shape index (κ3) is 4.83. The predicted octanol–water partition coefficient (Wildman–Crippen LogP) is 0.212. The van der Waals surface area contributed by atoms with Crippen LogP contribution in [0.2, 0.25) is 0 Å². The fourth-order valence-corrected chi connectivity index (χ4v) is 0.488. The van der Waals surface area contributed by atoms with Crippen LogP contribution in [0.4, 0.5) is 0 Å². The van der Waals surface area contributed by atoms with Crippen molar-refractivity contribution in [1.82, 2.24) is 0 Å². The summed E-state index contributed by atoms with van der Waals surface area (Å²) in [5.41, 5.74) is 10.4. The molecule has 0 saturated heterocycles. The van der Waals surface area contributed by atoms with Gasteiger partial charge in [0.25, 0.3) is 0 Å². The molecule has 0 aromatic carbocycles. The fourth-order valence-electron chi connectivity index (χ4n) is 0.488. The van der Waals surface area contributed by atoms with Crippen LogP contribution in [-0.4, -0.2) is 11.7 Å². The number of aliphatic imine (C=N–C) groups is 2. The molecular formula is C6H12N4. The third-order valence-electron chi connectivity index (χ3n) is 0.644. The van der Waals surface area contributed by atoms with Crippen LogP contribution in [-0.2, 0) is 0 Å². The van der Waals surface area contributed by atoms with Gasteiger partial charge in [0.05, 0.1) is 5.84 Å². The molecule has 0 amide bonds. The standard InChI is InChI=1S/C6H12N4/c1-4(7)9-6(3)10-5(2)8/h1,7H2,2-3H3,(H2,8,9,10). The average molecular weight is 140 g/mol. The van der Waals surface area contributed by atoms with E-state index in [1.807, 2.05) is 0 Å².